The molecular formula is C4H11ClN2O3S. The number of hydrogen-bond acceptors (Lipinski definition) is 3. The van der Waals surface area contributed by atoms with Crippen LogP contribution in [-0.4, -0.2) is 43.5 Å². The second-order valence-corrected chi connectivity index (χ2v) is 3.54. The zero-order valence-corrected chi connectivity index (χ0v) is 7.49. The van der Waals surface area contributed by atoms with E-state index in [4.69, 9.17) is 4.55 Å². The molecule has 0 unspecified atom stereocenters. The summed E-state index contributed by atoms with van der Waals surface area (Å²) >= 11 is 0. The van der Waals surface area contributed by atoms with Crippen LogP contribution in [0.4, 0.5) is 0 Å². The molecule has 0 saturated carbocycles. The Balaban J connectivity index is 0.000001000. The van der Waals surface area contributed by atoms with E-state index in [1.807, 2.05) is 0 Å². The molecule has 0 amide bonds. The van der Waals surface area contributed by atoms with Crippen LogP contribution in [0.25, 0.3) is 0 Å². The maximum atomic E-state index is 10.4. The largest absolute Gasteiger partial charge is 0.335 e. The van der Waals surface area contributed by atoms with Crippen LogP contribution in [0.1, 0.15) is 0 Å². The third-order valence-electron chi connectivity index (χ3n) is 1.40. The Labute approximate surface area is 72.1 Å². The van der Waals surface area contributed by atoms with Crippen molar-refractivity contribution in [2.45, 2.75) is 0 Å². The Morgan fingerprint density at radius 3 is 2.00 bits per heavy atom. The molecule has 0 spiro atoms. The maximum absolute atomic E-state index is 10.4. The lowest BCUT2D eigenvalue weighted by Gasteiger charge is -2.23. The van der Waals surface area contributed by atoms with Gasteiger partial charge in [-0.1, -0.05) is 0 Å². The van der Waals surface area contributed by atoms with E-state index in [-0.39, 0.29) is 12.4 Å². The molecular weight excluding hydrogens is 192 g/mol. The lowest BCUT2D eigenvalue weighted by Crippen LogP contribution is -2.46. The number of nitrogens with one attached hydrogen (secondary N) is 1. The number of hydrogen-bond donors (Lipinski definition) is 2. The predicted molar refractivity (Wildman–Crippen MR) is 43.2 cm³/mol. The van der Waals surface area contributed by atoms with Crippen molar-refractivity contribution < 1.29 is 13.0 Å². The summed E-state index contributed by atoms with van der Waals surface area (Å²) in [4.78, 5) is 0. The van der Waals surface area contributed by atoms with Gasteiger partial charge in [0.2, 0.25) is 0 Å². The molecule has 0 aromatic carbocycles. The zero-order chi connectivity index (χ0) is 7.61. The Hall–Kier alpha value is 0.120. The third kappa shape index (κ3) is 3.35. The number of rotatable bonds is 1. The molecule has 1 aliphatic rings. The van der Waals surface area contributed by atoms with Crippen LogP contribution >= 0.6 is 12.4 Å². The van der Waals surface area contributed by atoms with E-state index in [1.165, 1.54) is 0 Å². The Bertz CT molecular complexity index is 199. The number of halogens is 1. The van der Waals surface area contributed by atoms with Gasteiger partial charge in [-0.15, -0.1) is 12.4 Å². The van der Waals surface area contributed by atoms with Gasteiger partial charge in [-0.2, -0.15) is 12.7 Å². The Morgan fingerprint density at radius 1 is 1.27 bits per heavy atom. The molecule has 5 nitrogen and oxygen atoms in total. The summed E-state index contributed by atoms with van der Waals surface area (Å²) < 4.78 is 30.4. The zero-order valence-electron chi connectivity index (χ0n) is 5.86. The van der Waals surface area contributed by atoms with Crippen LogP contribution in [0.3, 0.4) is 0 Å². The van der Waals surface area contributed by atoms with E-state index in [1.54, 1.807) is 0 Å². The minimum absolute atomic E-state index is 0. The van der Waals surface area contributed by atoms with Crippen LogP contribution in [0.5, 0.6) is 0 Å². The summed E-state index contributed by atoms with van der Waals surface area (Å²) in [6.45, 7) is 1.94. The molecule has 0 aliphatic carbocycles. The lowest BCUT2D eigenvalue weighted by molar-refractivity contribution is 0.319. The van der Waals surface area contributed by atoms with Crippen LogP contribution in [-0.2, 0) is 10.3 Å². The Kier molecular flexibility index (Phi) is 4.27. The van der Waals surface area contributed by atoms with Gasteiger partial charge in [0, 0.05) is 26.2 Å². The van der Waals surface area contributed by atoms with E-state index in [0.717, 1.165) is 4.31 Å². The van der Waals surface area contributed by atoms with E-state index in [0.29, 0.717) is 26.2 Å². The lowest BCUT2D eigenvalue weighted by atomic mass is 10.4. The molecule has 1 aliphatic heterocycles. The third-order valence-corrected chi connectivity index (χ3v) is 2.42. The van der Waals surface area contributed by atoms with E-state index < -0.39 is 10.3 Å². The van der Waals surface area contributed by atoms with Gasteiger partial charge >= 0.3 is 10.3 Å². The summed E-state index contributed by atoms with van der Waals surface area (Å²) in [7, 11) is -3.93. The molecule has 68 valence electrons. The van der Waals surface area contributed by atoms with Crippen molar-refractivity contribution in [2.75, 3.05) is 26.2 Å². The first-order chi connectivity index (χ1) is 4.61. The van der Waals surface area contributed by atoms with Crippen LogP contribution in [0.15, 0.2) is 0 Å². The van der Waals surface area contributed by atoms with Gasteiger partial charge in [0.1, 0.15) is 0 Å². The molecule has 0 aromatic heterocycles. The Morgan fingerprint density at radius 2 is 1.73 bits per heavy atom. The molecule has 2 N–H and O–H groups in total. The predicted octanol–water partition coefficient (Wildman–Crippen LogP) is -0.884. The highest BCUT2D eigenvalue weighted by Gasteiger charge is 2.19. The van der Waals surface area contributed by atoms with Gasteiger partial charge in [0.05, 0.1) is 0 Å². The molecule has 0 aromatic rings. The van der Waals surface area contributed by atoms with E-state index >= 15 is 0 Å². The van der Waals surface area contributed by atoms with Gasteiger partial charge in [-0.25, -0.2) is 0 Å². The fourth-order valence-corrected chi connectivity index (χ4v) is 1.52. The summed E-state index contributed by atoms with van der Waals surface area (Å²) in [5, 5.41) is 2.97. The quantitative estimate of drug-likeness (QED) is 0.542. The number of piperazine rings is 1. The summed E-state index contributed by atoms with van der Waals surface area (Å²) in [6, 6.07) is 0. The SMILES string of the molecule is Cl.O=S(=O)(O)N1CCNCC1. The minimum Gasteiger partial charge on any atom is -0.314 e. The molecule has 1 heterocycles. The topological polar surface area (TPSA) is 69.6 Å². The second-order valence-electron chi connectivity index (χ2n) is 2.13. The highest BCUT2D eigenvalue weighted by atomic mass is 35.5. The van der Waals surface area contributed by atoms with Gasteiger partial charge in [-0.3, -0.25) is 4.55 Å². The van der Waals surface area contributed by atoms with Crippen molar-refractivity contribution >= 4 is 22.7 Å². The fourth-order valence-electron chi connectivity index (χ4n) is 0.875. The van der Waals surface area contributed by atoms with E-state index in [2.05, 4.69) is 5.32 Å². The monoisotopic (exact) mass is 202 g/mol. The van der Waals surface area contributed by atoms with Crippen molar-refractivity contribution in [1.29, 1.82) is 0 Å². The van der Waals surface area contributed by atoms with Crippen LogP contribution < -0.4 is 5.32 Å². The normalized spacial score (nSPS) is 20.8. The average Bonchev–Trinajstić information content (AvgIpc) is 1.88. The highest BCUT2D eigenvalue weighted by molar-refractivity contribution is 7.83. The van der Waals surface area contributed by atoms with Crippen molar-refractivity contribution in [3.05, 3.63) is 0 Å². The standard InChI is InChI=1S/C4H10N2O3S.ClH/c7-10(8,9)6-3-1-5-2-4-6;/h5H,1-4H2,(H,7,8,9);1H. The molecule has 1 rings (SSSR count). The summed E-state index contributed by atoms with van der Waals surface area (Å²) in [5.74, 6) is 0. The van der Waals surface area contributed by atoms with Crippen molar-refractivity contribution in [3.63, 3.8) is 0 Å². The summed E-state index contributed by atoms with van der Waals surface area (Å²) in [6.07, 6.45) is 0. The smallest absolute Gasteiger partial charge is 0.314 e. The first-order valence-electron chi connectivity index (χ1n) is 3.04. The van der Waals surface area contributed by atoms with Gasteiger partial charge in [0.25, 0.3) is 0 Å². The molecule has 0 atom stereocenters. The van der Waals surface area contributed by atoms with Crippen molar-refractivity contribution in [2.24, 2.45) is 0 Å². The first-order valence-corrected chi connectivity index (χ1v) is 4.44. The van der Waals surface area contributed by atoms with Gasteiger partial charge < -0.3 is 5.32 Å². The van der Waals surface area contributed by atoms with Crippen LogP contribution in [0.2, 0.25) is 0 Å². The molecule has 1 saturated heterocycles. The molecule has 0 radical (unpaired) electrons. The molecule has 0 bridgehead atoms. The molecule has 7 heteroatoms. The first kappa shape index (κ1) is 11.1. The highest BCUT2D eigenvalue weighted by Crippen LogP contribution is 1.97. The van der Waals surface area contributed by atoms with E-state index in [9.17, 15) is 8.42 Å². The second kappa shape index (κ2) is 4.22. The fraction of sp³-hybridized carbons (Fsp3) is 1.00. The van der Waals surface area contributed by atoms with Gasteiger partial charge in [0.15, 0.2) is 0 Å². The van der Waals surface area contributed by atoms with Gasteiger partial charge in [-0.05, 0) is 0 Å². The maximum Gasteiger partial charge on any atom is 0.335 e. The van der Waals surface area contributed by atoms with Crippen molar-refractivity contribution in [3.8, 4) is 0 Å². The number of nitrogens with zero attached hydrogens (tertiary/aromatic N) is 1. The summed E-state index contributed by atoms with van der Waals surface area (Å²) in [5.41, 5.74) is 0. The minimum atomic E-state index is -3.93. The molecule has 1 fully saturated rings. The average molecular weight is 203 g/mol. The molecule has 11 heavy (non-hydrogen) atoms. The van der Waals surface area contributed by atoms with Crippen LogP contribution in [0, 0.1) is 0 Å². The van der Waals surface area contributed by atoms with Crippen molar-refractivity contribution in [1.82, 2.24) is 9.62 Å².